The van der Waals surface area contributed by atoms with E-state index in [0.29, 0.717) is 27.3 Å². The summed E-state index contributed by atoms with van der Waals surface area (Å²) >= 11 is 7.03. The van der Waals surface area contributed by atoms with Crippen molar-refractivity contribution < 1.29 is 22.7 Å². The van der Waals surface area contributed by atoms with Gasteiger partial charge in [-0.2, -0.15) is 4.31 Å². The molecule has 0 fully saturated rings. The van der Waals surface area contributed by atoms with E-state index in [9.17, 15) is 13.2 Å². The molecule has 8 nitrogen and oxygen atoms in total. The molecule has 0 aliphatic rings. The van der Waals surface area contributed by atoms with Crippen molar-refractivity contribution in [1.29, 1.82) is 0 Å². The minimum Gasteiger partial charge on any atom is -0.493 e. The van der Waals surface area contributed by atoms with Gasteiger partial charge in [-0.15, -0.1) is 11.3 Å². The minimum atomic E-state index is -3.82. The van der Waals surface area contributed by atoms with E-state index in [1.165, 1.54) is 42.6 Å². The van der Waals surface area contributed by atoms with Crippen molar-refractivity contribution in [3.8, 4) is 22.8 Å². The number of methoxy groups -OCH3 is 2. The number of aromatic nitrogens is 1. The number of anilines is 1. The number of likely N-dealkylation sites (N-methyl/N-ethyl adjacent to an activating group) is 1. The first kappa shape index (κ1) is 23.0. The number of sulfonamides is 1. The summed E-state index contributed by atoms with van der Waals surface area (Å²) < 4.78 is 36.7. The van der Waals surface area contributed by atoms with Crippen LogP contribution in [0.3, 0.4) is 0 Å². The lowest BCUT2D eigenvalue weighted by Gasteiger charge is -2.16. The van der Waals surface area contributed by atoms with Gasteiger partial charge in [-0.1, -0.05) is 11.6 Å². The SMILES string of the molecule is COc1ccc(-c2csc(NC(=O)CN(C)S(=O)(=O)c3ccc(Cl)cc3)n2)cc1OC. The second-order valence-corrected chi connectivity index (χ2v) is 9.71. The zero-order valence-electron chi connectivity index (χ0n) is 17.0. The molecule has 3 aromatic rings. The van der Waals surface area contributed by atoms with Crippen LogP contribution in [0.5, 0.6) is 11.5 Å². The van der Waals surface area contributed by atoms with Gasteiger partial charge in [0.05, 0.1) is 31.4 Å². The molecule has 11 heteroatoms. The molecule has 0 spiro atoms. The van der Waals surface area contributed by atoms with Gasteiger partial charge in [0.25, 0.3) is 0 Å². The largest absolute Gasteiger partial charge is 0.493 e. The van der Waals surface area contributed by atoms with E-state index in [1.54, 1.807) is 31.7 Å². The number of rotatable bonds is 8. The van der Waals surface area contributed by atoms with E-state index in [-0.39, 0.29) is 11.4 Å². The number of benzene rings is 2. The van der Waals surface area contributed by atoms with Gasteiger partial charge >= 0.3 is 0 Å². The van der Waals surface area contributed by atoms with E-state index < -0.39 is 15.9 Å². The molecule has 1 heterocycles. The van der Waals surface area contributed by atoms with E-state index in [2.05, 4.69) is 10.3 Å². The van der Waals surface area contributed by atoms with Crippen LogP contribution in [-0.2, 0) is 14.8 Å². The molecule has 0 unspecified atom stereocenters. The molecule has 0 bridgehead atoms. The first-order valence-corrected chi connectivity index (χ1v) is 11.6. The number of carbonyl (C=O) groups excluding carboxylic acids is 1. The van der Waals surface area contributed by atoms with Crippen molar-refractivity contribution in [2.24, 2.45) is 0 Å². The molecule has 1 N–H and O–H groups in total. The zero-order valence-corrected chi connectivity index (χ0v) is 19.3. The molecular weight excluding hydrogens is 462 g/mol. The highest BCUT2D eigenvalue weighted by Crippen LogP contribution is 2.33. The van der Waals surface area contributed by atoms with Gasteiger partial charge in [-0.05, 0) is 42.5 Å². The fraction of sp³-hybridized carbons (Fsp3) is 0.200. The van der Waals surface area contributed by atoms with Crippen LogP contribution in [0.25, 0.3) is 11.3 Å². The number of hydrogen-bond acceptors (Lipinski definition) is 7. The third-order valence-corrected chi connectivity index (χ3v) is 7.15. The van der Waals surface area contributed by atoms with Crippen molar-refractivity contribution in [3.63, 3.8) is 0 Å². The Balaban J connectivity index is 1.68. The lowest BCUT2D eigenvalue weighted by Crippen LogP contribution is -2.34. The Morgan fingerprint density at radius 1 is 1.13 bits per heavy atom. The highest BCUT2D eigenvalue weighted by molar-refractivity contribution is 7.89. The first-order valence-electron chi connectivity index (χ1n) is 8.94. The molecule has 164 valence electrons. The molecular formula is C20H20ClN3O5S2. The number of amides is 1. The van der Waals surface area contributed by atoms with Crippen LogP contribution in [0, 0.1) is 0 Å². The molecule has 0 radical (unpaired) electrons. The molecule has 0 saturated heterocycles. The Morgan fingerprint density at radius 3 is 2.45 bits per heavy atom. The monoisotopic (exact) mass is 481 g/mol. The van der Waals surface area contributed by atoms with E-state index in [0.717, 1.165) is 9.87 Å². The number of hydrogen-bond donors (Lipinski definition) is 1. The molecule has 0 atom stereocenters. The standard InChI is InChI=1S/C20H20ClN3O5S2/c1-24(31(26,27)15-7-5-14(21)6-8-15)11-19(25)23-20-22-16(12-30-20)13-4-9-17(28-2)18(10-13)29-3/h4-10,12H,11H2,1-3H3,(H,22,23,25). The van der Waals surface area contributed by atoms with Gasteiger partial charge in [-0.25, -0.2) is 13.4 Å². The Labute approximate surface area is 189 Å². The second kappa shape index (κ2) is 9.65. The summed E-state index contributed by atoms with van der Waals surface area (Å²) in [5, 5.41) is 5.19. The summed E-state index contributed by atoms with van der Waals surface area (Å²) in [5.41, 5.74) is 1.43. The maximum absolute atomic E-state index is 12.6. The number of ether oxygens (including phenoxy) is 2. The summed E-state index contributed by atoms with van der Waals surface area (Å²) in [4.78, 5) is 16.8. The lowest BCUT2D eigenvalue weighted by atomic mass is 10.1. The smallest absolute Gasteiger partial charge is 0.243 e. The quantitative estimate of drug-likeness (QED) is 0.526. The predicted molar refractivity (Wildman–Crippen MR) is 121 cm³/mol. The second-order valence-electron chi connectivity index (χ2n) is 6.37. The molecule has 31 heavy (non-hydrogen) atoms. The first-order chi connectivity index (χ1) is 14.7. The fourth-order valence-corrected chi connectivity index (χ4v) is 4.68. The molecule has 2 aromatic carbocycles. The van der Waals surface area contributed by atoms with Crippen LogP contribution in [0.2, 0.25) is 5.02 Å². The van der Waals surface area contributed by atoms with E-state index >= 15 is 0 Å². The maximum Gasteiger partial charge on any atom is 0.243 e. The summed E-state index contributed by atoms with van der Waals surface area (Å²) in [6.07, 6.45) is 0. The molecule has 0 saturated carbocycles. The predicted octanol–water partition coefficient (Wildman–Crippen LogP) is 3.74. The van der Waals surface area contributed by atoms with Crippen LogP contribution < -0.4 is 14.8 Å². The Morgan fingerprint density at radius 2 is 1.81 bits per heavy atom. The lowest BCUT2D eigenvalue weighted by molar-refractivity contribution is -0.116. The van der Waals surface area contributed by atoms with Gasteiger partial charge < -0.3 is 14.8 Å². The van der Waals surface area contributed by atoms with Crippen molar-refractivity contribution >= 4 is 44.0 Å². The molecule has 1 aromatic heterocycles. The van der Waals surface area contributed by atoms with Crippen LogP contribution in [0.4, 0.5) is 5.13 Å². The van der Waals surface area contributed by atoms with Gasteiger partial charge in [0, 0.05) is 23.0 Å². The van der Waals surface area contributed by atoms with E-state index in [1.807, 2.05) is 6.07 Å². The summed E-state index contributed by atoms with van der Waals surface area (Å²) in [7, 11) is 0.608. The number of carbonyl (C=O) groups is 1. The van der Waals surface area contributed by atoms with Crippen molar-refractivity contribution in [1.82, 2.24) is 9.29 Å². The van der Waals surface area contributed by atoms with E-state index in [4.69, 9.17) is 21.1 Å². The molecule has 0 aliphatic carbocycles. The van der Waals surface area contributed by atoms with Gasteiger partial charge in [0.15, 0.2) is 16.6 Å². The van der Waals surface area contributed by atoms with Crippen LogP contribution in [-0.4, -0.2) is 51.4 Å². The highest BCUT2D eigenvalue weighted by Gasteiger charge is 2.23. The third-order valence-electron chi connectivity index (χ3n) is 4.32. The summed E-state index contributed by atoms with van der Waals surface area (Å²) in [6.45, 7) is -0.365. The average molecular weight is 482 g/mol. The zero-order chi connectivity index (χ0) is 22.6. The van der Waals surface area contributed by atoms with Crippen LogP contribution >= 0.6 is 22.9 Å². The molecule has 1 amide bonds. The summed E-state index contributed by atoms with van der Waals surface area (Å²) in [5.74, 6) is 0.654. The number of halogens is 1. The number of nitrogens with one attached hydrogen (secondary N) is 1. The fourth-order valence-electron chi connectivity index (χ4n) is 2.69. The Kier molecular flexibility index (Phi) is 7.16. The number of thiazole rings is 1. The molecule has 0 aliphatic heterocycles. The van der Waals surface area contributed by atoms with Gasteiger partial charge in [0.1, 0.15) is 0 Å². The topological polar surface area (TPSA) is 97.8 Å². The summed E-state index contributed by atoms with van der Waals surface area (Å²) in [6, 6.07) is 11.1. The third kappa shape index (κ3) is 5.34. The van der Waals surface area contributed by atoms with Crippen molar-refractivity contribution in [3.05, 3.63) is 52.9 Å². The minimum absolute atomic E-state index is 0.0530. The normalized spacial score (nSPS) is 11.4. The molecule has 3 rings (SSSR count). The van der Waals surface area contributed by atoms with Crippen LogP contribution in [0.15, 0.2) is 52.7 Å². The van der Waals surface area contributed by atoms with Crippen molar-refractivity contribution in [2.75, 3.05) is 33.1 Å². The maximum atomic E-state index is 12.6. The highest BCUT2D eigenvalue weighted by atomic mass is 35.5. The van der Waals surface area contributed by atoms with Gasteiger partial charge in [0.2, 0.25) is 15.9 Å². The number of nitrogens with zero attached hydrogens (tertiary/aromatic N) is 2. The van der Waals surface area contributed by atoms with Gasteiger partial charge in [-0.3, -0.25) is 4.79 Å². The Hall–Kier alpha value is -2.66. The Bertz CT molecular complexity index is 1180. The van der Waals surface area contributed by atoms with Crippen LogP contribution in [0.1, 0.15) is 0 Å². The average Bonchev–Trinajstić information content (AvgIpc) is 3.21. The van der Waals surface area contributed by atoms with Crippen molar-refractivity contribution in [2.45, 2.75) is 4.90 Å².